The molecule has 3 aromatic carbocycles. The van der Waals surface area contributed by atoms with Crippen LogP contribution in [-0.2, 0) is 14.3 Å². The Labute approximate surface area is 289 Å². The number of hydrogen-bond acceptors (Lipinski definition) is 9. The smallest absolute Gasteiger partial charge is 0.407 e. The number of aromatic nitrogens is 2. The molecule has 2 saturated heterocycles. The Bertz CT molecular complexity index is 1810. The number of halogens is 2. The minimum Gasteiger partial charge on any atom is -0.487 e. The van der Waals surface area contributed by atoms with Gasteiger partial charge in [-0.25, -0.2) is 23.5 Å². The molecular weight excluding hydrogens is 644 g/mol. The van der Waals surface area contributed by atoms with E-state index in [1.807, 2.05) is 48.2 Å². The number of piperidine rings is 1. The normalized spacial score (nSPS) is 22.0. The van der Waals surface area contributed by atoms with Crippen LogP contribution >= 0.6 is 0 Å². The average molecular weight is 684 g/mol. The van der Waals surface area contributed by atoms with Crippen molar-refractivity contribution in [2.24, 2.45) is 5.92 Å². The first kappa shape index (κ1) is 33.4. The Morgan fingerprint density at radius 3 is 2.38 bits per heavy atom. The van der Waals surface area contributed by atoms with Crippen LogP contribution in [0.5, 0.6) is 5.75 Å². The van der Waals surface area contributed by atoms with Crippen molar-refractivity contribution in [2.45, 2.75) is 56.9 Å². The second kappa shape index (κ2) is 14.4. The van der Waals surface area contributed by atoms with Gasteiger partial charge in [-0.2, -0.15) is 0 Å². The second-order valence-electron chi connectivity index (χ2n) is 13.1. The van der Waals surface area contributed by atoms with Gasteiger partial charge in [-0.15, -0.1) is 0 Å². The Balaban J connectivity index is 1.02. The van der Waals surface area contributed by atoms with Crippen LogP contribution in [-0.4, -0.2) is 66.6 Å². The molecule has 0 bridgehead atoms. The summed E-state index contributed by atoms with van der Waals surface area (Å²) in [6.07, 6.45) is 3.47. The third kappa shape index (κ3) is 7.11. The summed E-state index contributed by atoms with van der Waals surface area (Å²) in [6, 6.07) is 18.9. The Kier molecular flexibility index (Phi) is 9.62. The van der Waals surface area contributed by atoms with E-state index >= 15 is 4.39 Å². The highest BCUT2D eigenvalue weighted by Gasteiger charge is 2.39. The molecule has 2 aliphatic heterocycles. The highest BCUT2D eigenvalue weighted by Crippen LogP contribution is 2.44. The maximum absolute atomic E-state index is 15.1. The lowest BCUT2D eigenvalue weighted by atomic mass is 9.92. The van der Waals surface area contributed by atoms with Crippen LogP contribution in [0.2, 0.25) is 0 Å². The van der Waals surface area contributed by atoms with Crippen molar-refractivity contribution in [3.05, 3.63) is 107 Å². The quantitative estimate of drug-likeness (QED) is 0.208. The lowest BCUT2D eigenvalue weighted by molar-refractivity contribution is -0.150. The standard InChI is InChI=1S/C38H39F2N5O5/c1-22(24-13-14-41-36(15-24)50-23(2)46)49-26-17-42-37(43-18-26)45-19-32(31-16-25(39)11-12-34(31)40)35(20-45)44-38(47)48-21-33-29-9-5-3-7-27(29)28-8-4-6-10-30(28)33/h3-12,16-18,22,24,32-33,35-36,41H,13-15,19-21H2,1-2H3,(H,44,47). The SMILES string of the molecule is CC(=O)OC1CC(C(C)Oc2cnc(N3CC(NC(=O)OCC4c5ccccc5-c5ccccc54)C(c4cc(F)ccc4F)C3)nc2)CCN1. The molecule has 12 heteroatoms. The Morgan fingerprint density at radius 2 is 1.68 bits per heavy atom. The summed E-state index contributed by atoms with van der Waals surface area (Å²) in [5.74, 6) is -1.19. The number of esters is 1. The number of nitrogens with one attached hydrogen (secondary N) is 2. The molecule has 5 unspecified atom stereocenters. The maximum atomic E-state index is 15.1. The fourth-order valence-electron chi connectivity index (χ4n) is 7.49. The van der Waals surface area contributed by atoms with Crippen LogP contribution in [0.25, 0.3) is 11.1 Å². The number of carbonyl (C=O) groups excluding carboxylic acids is 2. The van der Waals surface area contributed by atoms with Crippen LogP contribution in [0, 0.1) is 17.6 Å². The molecule has 1 aromatic heterocycles. The molecule has 260 valence electrons. The van der Waals surface area contributed by atoms with E-state index in [0.717, 1.165) is 40.8 Å². The molecule has 2 fully saturated rings. The number of rotatable bonds is 9. The van der Waals surface area contributed by atoms with E-state index in [1.165, 1.54) is 13.0 Å². The number of nitrogens with zero attached hydrogens (tertiary/aromatic N) is 3. The highest BCUT2D eigenvalue weighted by molar-refractivity contribution is 5.79. The number of benzene rings is 3. The number of alkyl carbamates (subject to hydrolysis) is 1. The van der Waals surface area contributed by atoms with Crippen LogP contribution < -0.4 is 20.3 Å². The number of amides is 1. The fraction of sp³-hybridized carbons (Fsp3) is 0.368. The molecule has 3 heterocycles. The lowest BCUT2D eigenvalue weighted by Crippen LogP contribution is -2.44. The summed E-state index contributed by atoms with van der Waals surface area (Å²) < 4.78 is 46.7. The number of fused-ring (bicyclic) bond motifs is 3. The maximum Gasteiger partial charge on any atom is 0.407 e. The summed E-state index contributed by atoms with van der Waals surface area (Å²) in [5, 5.41) is 6.12. The van der Waals surface area contributed by atoms with Gasteiger partial charge in [0.1, 0.15) is 18.2 Å². The van der Waals surface area contributed by atoms with Crippen LogP contribution in [0.3, 0.4) is 0 Å². The second-order valence-corrected chi connectivity index (χ2v) is 13.1. The van der Waals surface area contributed by atoms with Gasteiger partial charge >= 0.3 is 12.1 Å². The van der Waals surface area contributed by atoms with Gasteiger partial charge in [0.15, 0.2) is 12.0 Å². The number of ether oxygens (including phenoxy) is 3. The summed E-state index contributed by atoms with van der Waals surface area (Å²) in [4.78, 5) is 35.6. The van der Waals surface area contributed by atoms with E-state index in [1.54, 1.807) is 12.4 Å². The van der Waals surface area contributed by atoms with Crippen molar-refractivity contribution < 1.29 is 32.6 Å². The van der Waals surface area contributed by atoms with E-state index in [2.05, 4.69) is 32.7 Å². The number of anilines is 1. The first-order valence-electron chi connectivity index (χ1n) is 16.9. The molecule has 0 radical (unpaired) electrons. The predicted octanol–water partition coefficient (Wildman–Crippen LogP) is 5.92. The molecule has 0 spiro atoms. The third-order valence-corrected chi connectivity index (χ3v) is 9.92. The molecule has 4 aromatic rings. The zero-order chi connectivity index (χ0) is 34.8. The molecule has 3 aliphatic rings. The van der Waals surface area contributed by atoms with Crippen molar-refractivity contribution in [1.29, 1.82) is 0 Å². The van der Waals surface area contributed by atoms with Crippen molar-refractivity contribution in [2.75, 3.05) is 31.1 Å². The molecule has 7 rings (SSSR count). The molecular formula is C38H39F2N5O5. The summed E-state index contributed by atoms with van der Waals surface area (Å²) >= 11 is 0. The van der Waals surface area contributed by atoms with E-state index < -0.39 is 29.7 Å². The van der Waals surface area contributed by atoms with E-state index in [9.17, 15) is 14.0 Å². The van der Waals surface area contributed by atoms with Gasteiger partial charge in [0.25, 0.3) is 0 Å². The Morgan fingerprint density at radius 1 is 0.980 bits per heavy atom. The molecule has 1 aliphatic carbocycles. The fourth-order valence-corrected chi connectivity index (χ4v) is 7.49. The molecule has 10 nitrogen and oxygen atoms in total. The summed E-state index contributed by atoms with van der Waals surface area (Å²) in [6.45, 7) is 4.67. The molecule has 2 N–H and O–H groups in total. The van der Waals surface area contributed by atoms with Crippen molar-refractivity contribution in [1.82, 2.24) is 20.6 Å². The lowest BCUT2D eigenvalue weighted by Gasteiger charge is -2.33. The van der Waals surface area contributed by atoms with Crippen molar-refractivity contribution >= 4 is 18.0 Å². The largest absolute Gasteiger partial charge is 0.487 e. The Hall–Kier alpha value is -5.10. The van der Waals surface area contributed by atoms with Crippen LogP contribution in [0.1, 0.15) is 55.2 Å². The molecule has 5 atom stereocenters. The van der Waals surface area contributed by atoms with Crippen molar-refractivity contribution in [3.63, 3.8) is 0 Å². The predicted molar refractivity (Wildman–Crippen MR) is 182 cm³/mol. The summed E-state index contributed by atoms with van der Waals surface area (Å²) in [7, 11) is 0. The highest BCUT2D eigenvalue weighted by atomic mass is 19.1. The van der Waals surface area contributed by atoms with Gasteiger partial charge in [-0.3, -0.25) is 10.1 Å². The summed E-state index contributed by atoms with van der Waals surface area (Å²) in [5.41, 5.74) is 4.58. The van der Waals surface area contributed by atoms with Crippen molar-refractivity contribution in [3.8, 4) is 16.9 Å². The molecule has 1 amide bonds. The first-order chi connectivity index (χ1) is 24.2. The van der Waals surface area contributed by atoms with E-state index in [0.29, 0.717) is 24.7 Å². The molecule has 0 saturated carbocycles. The van der Waals surface area contributed by atoms with Gasteiger partial charge in [0.2, 0.25) is 5.95 Å². The third-order valence-electron chi connectivity index (χ3n) is 9.92. The van der Waals surface area contributed by atoms with Gasteiger partial charge < -0.3 is 24.4 Å². The van der Waals surface area contributed by atoms with E-state index in [4.69, 9.17) is 14.2 Å². The zero-order valence-corrected chi connectivity index (χ0v) is 27.9. The first-order valence-corrected chi connectivity index (χ1v) is 16.9. The molecule has 50 heavy (non-hydrogen) atoms. The number of carbonyl (C=O) groups is 2. The van der Waals surface area contributed by atoms with Gasteiger partial charge in [0.05, 0.1) is 24.5 Å². The number of hydrogen-bond donors (Lipinski definition) is 2. The van der Waals surface area contributed by atoms with Gasteiger partial charge in [-0.1, -0.05) is 48.5 Å². The van der Waals surface area contributed by atoms with Crippen LogP contribution in [0.15, 0.2) is 79.1 Å². The minimum atomic E-state index is -0.645. The zero-order valence-electron chi connectivity index (χ0n) is 27.9. The van der Waals surface area contributed by atoms with Crippen LogP contribution in [0.4, 0.5) is 19.5 Å². The average Bonchev–Trinajstić information content (AvgIpc) is 3.67. The minimum absolute atomic E-state index is 0.119. The van der Waals surface area contributed by atoms with Gasteiger partial charge in [-0.05, 0) is 65.9 Å². The monoisotopic (exact) mass is 683 g/mol. The topological polar surface area (TPSA) is 115 Å². The van der Waals surface area contributed by atoms with Gasteiger partial charge in [0, 0.05) is 44.2 Å². The van der Waals surface area contributed by atoms with E-state index in [-0.39, 0.29) is 55.4 Å².